The van der Waals surface area contributed by atoms with Crippen molar-refractivity contribution in [1.82, 2.24) is 25.5 Å². The first-order valence-corrected chi connectivity index (χ1v) is 5.90. The maximum atomic E-state index is 3.95. The Morgan fingerprint density at radius 2 is 2.20 bits per heavy atom. The van der Waals surface area contributed by atoms with Crippen LogP contribution < -0.4 is 5.32 Å². The summed E-state index contributed by atoms with van der Waals surface area (Å²) in [6.07, 6.45) is 2.55. The number of tetrazole rings is 1. The fourth-order valence-corrected chi connectivity index (χ4v) is 2.62. The summed E-state index contributed by atoms with van der Waals surface area (Å²) in [4.78, 5) is 0. The first-order chi connectivity index (χ1) is 6.86. The fraction of sp³-hybridized carbons (Fsp3) is 0.875. The Bertz CT molecular complexity index is 286. The summed E-state index contributed by atoms with van der Waals surface area (Å²) in [6.45, 7) is 2.31. The summed E-state index contributed by atoms with van der Waals surface area (Å²) < 4.78 is 1.73. The number of nitrogens with zero attached hydrogens (tertiary/aromatic N) is 4. The Morgan fingerprint density at radius 3 is 2.80 bits per heavy atom. The smallest absolute Gasteiger partial charge is 0.209 e. The van der Waals surface area contributed by atoms with Crippen LogP contribution in [0.25, 0.3) is 0 Å². The lowest BCUT2D eigenvalue weighted by Crippen LogP contribution is -2.28. The number of thioether (sulfide) groups is 1. The molecule has 0 amide bonds. The number of halogens is 1. The van der Waals surface area contributed by atoms with Gasteiger partial charge in [0.1, 0.15) is 0 Å². The van der Waals surface area contributed by atoms with Gasteiger partial charge in [-0.25, -0.2) is 4.68 Å². The molecule has 1 saturated heterocycles. The van der Waals surface area contributed by atoms with Crippen molar-refractivity contribution >= 4 is 24.2 Å². The maximum Gasteiger partial charge on any atom is 0.209 e. The van der Waals surface area contributed by atoms with E-state index in [1.807, 2.05) is 7.05 Å². The molecule has 1 aromatic rings. The normalized spacial score (nSPS) is 17.4. The van der Waals surface area contributed by atoms with Crippen LogP contribution in [0.1, 0.15) is 12.8 Å². The average Bonchev–Trinajstić information content (AvgIpc) is 2.63. The molecule has 7 heteroatoms. The summed E-state index contributed by atoms with van der Waals surface area (Å²) in [5.74, 6) is 1.95. The summed E-state index contributed by atoms with van der Waals surface area (Å²) in [5, 5.41) is 15.7. The molecule has 1 fully saturated rings. The zero-order valence-corrected chi connectivity index (χ0v) is 10.4. The van der Waals surface area contributed by atoms with E-state index in [1.165, 1.54) is 12.8 Å². The van der Waals surface area contributed by atoms with Crippen molar-refractivity contribution in [3.63, 3.8) is 0 Å². The van der Waals surface area contributed by atoms with Crippen LogP contribution in [0, 0.1) is 5.92 Å². The van der Waals surface area contributed by atoms with Crippen molar-refractivity contribution in [3.05, 3.63) is 0 Å². The molecule has 1 aromatic heterocycles. The highest BCUT2D eigenvalue weighted by atomic mass is 35.5. The standard InChI is InChI=1S/C8H15N5S.ClH/c1-13-8(10-11-12-13)14-6-7-2-4-9-5-3-7;/h7,9H,2-6H2,1H3;1H. The van der Waals surface area contributed by atoms with E-state index in [0.29, 0.717) is 0 Å². The van der Waals surface area contributed by atoms with Gasteiger partial charge in [0.2, 0.25) is 5.16 Å². The summed E-state index contributed by atoms with van der Waals surface area (Å²) in [5.41, 5.74) is 0. The van der Waals surface area contributed by atoms with Gasteiger partial charge in [0.05, 0.1) is 0 Å². The van der Waals surface area contributed by atoms with E-state index in [0.717, 1.165) is 29.9 Å². The highest BCUT2D eigenvalue weighted by molar-refractivity contribution is 7.99. The van der Waals surface area contributed by atoms with Gasteiger partial charge >= 0.3 is 0 Å². The van der Waals surface area contributed by atoms with Crippen LogP contribution in [-0.4, -0.2) is 39.0 Å². The van der Waals surface area contributed by atoms with Crippen LogP contribution >= 0.6 is 24.2 Å². The molecule has 2 rings (SSSR count). The number of piperidine rings is 1. The molecule has 1 N–H and O–H groups in total. The molecule has 0 saturated carbocycles. The van der Waals surface area contributed by atoms with Crippen molar-refractivity contribution in [3.8, 4) is 0 Å². The first-order valence-electron chi connectivity index (χ1n) is 4.92. The van der Waals surface area contributed by atoms with E-state index < -0.39 is 0 Å². The molecule has 15 heavy (non-hydrogen) atoms. The first kappa shape index (κ1) is 12.7. The van der Waals surface area contributed by atoms with E-state index in [1.54, 1.807) is 16.4 Å². The quantitative estimate of drug-likeness (QED) is 0.801. The largest absolute Gasteiger partial charge is 0.317 e. The van der Waals surface area contributed by atoms with E-state index >= 15 is 0 Å². The molecule has 0 unspecified atom stereocenters. The Balaban J connectivity index is 0.00000112. The second-order valence-corrected chi connectivity index (χ2v) is 4.58. The van der Waals surface area contributed by atoms with E-state index in [4.69, 9.17) is 0 Å². The number of aromatic nitrogens is 4. The summed E-state index contributed by atoms with van der Waals surface area (Å²) in [7, 11) is 1.88. The summed E-state index contributed by atoms with van der Waals surface area (Å²) in [6, 6.07) is 0. The van der Waals surface area contributed by atoms with Crippen LogP contribution in [0.2, 0.25) is 0 Å². The Kier molecular flexibility index (Phi) is 5.35. The van der Waals surface area contributed by atoms with Gasteiger partial charge in [-0.1, -0.05) is 11.8 Å². The predicted octanol–water partition coefficient (Wildman–Crippen LogP) is 0.724. The van der Waals surface area contributed by atoms with Gasteiger partial charge in [-0.3, -0.25) is 0 Å². The maximum absolute atomic E-state index is 3.95. The molecule has 0 spiro atoms. The zero-order chi connectivity index (χ0) is 9.80. The number of hydrogen-bond acceptors (Lipinski definition) is 5. The van der Waals surface area contributed by atoms with Crippen LogP contribution in [0.4, 0.5) is 0 Å². The SMILES string of the molecule is Cl.Cn1nnnc1SCC1CCNCC1. The molecule has 1 aliphatic rings. The van der Waals surface area contributed by atoms with Crippen molar-refractivity contribution < 1.29 is 0 Å². The van der Waals surface area contributed by atoms with Crippen LogP contribution in [0.5, 0.6) is 0 Å². The molecular formula is C8H16ClN5S. The highest BCUT2D eigenvalue weighted by Gasteiger charge is 2.14. The highest BCUT2D eigenvalue weighted by Crippen LogP contribution is 2.21. The molecule has 5 nitrogen and oxygen atoms in total. The van der Waals surface area contributed by atoms with Crippen molar-refractivity contribution in [2.45, 2.75) is 18.0 Å². The lowest BCUT2D eigenvalue weighted by molar-refractivity contribution is 0.407. The lowest BCUT2D eigenvalue weighted by Gasteiger charge is -2.21. The van der Waals surface area contributed by atoms with Crippen molar-refractivity contribution in [1.29, 1.82) is 0 Å². The monoisotopic (exact) mass is 249 g/mol. The van der Waals surface area contributed by atoms with Gasteiger partial charge in [-0.2, -0.15) is 0 Å². The molecule has 0 radical (unpaired) electrons. The Morgan fingerprint density at radius 1 is 1.47 bits per heavy atom. The van der Waals surface area contributed by atoms with Crippen LogP contribution in [0.3, 0.4) is 0 Å². The second kappa shape index (κ2) is 6.30. The third-order valence-electron chi connectivity index (χ3n) is 2.49. The minimum absolute atomic E-state index is 0. The van der Waals surface area contributed by atoms with E-state index in [9.17, 15) is 0 Å². The Labute approximate surface area is 99.8 Å². The van der Waals surface area contributed by atoms with Crippen LogP contribution in [0.15, 0.2) is 5.16 Å². The lowest BCUT2D eigenvalue weighted by atomic mass is 10.0. The molecule has 0 atom stereocenters. The topological polar surface area (TPSA) is 55.6 Å². The molecule has 86 valence electrons. The number of rotatable bonds is 3. The van der Waals surface area contributed by atoms with E-state index in [2.05, 4.69) is 20.8 Å². The number of aryl methyl sites for hydroxylation is 1. The van der Waals surface area contributed by atoms with E-state index in [-0.39, 0.29) is 12.4 Å². The average molecular weight is 250 g/mol. The molecule has 0 aliphatic carbocycles. The van der Waals surface area contributed by atoms with Crippen molar-refractivity contribution in [2.75, 3.05) is 18.8 Å². The zero-order valence-electron chi connectivity index (χ0n) is 8.72. The predicted molar refractivity (Wildman–Crippen MR) is 62.4 cm³/mol. The van der Waals surface area contributed by atoms with Gasteiger partial charge in [0, 0.05) is 12.8 Å². The van der Waals surface area contributed by atoms with Gasteiger partial charge in [0.25, 0.3) is 0 Å². The number of nitrogens with one attached hydrogen (secondary N) is 1. The second-order valence-electron chi connectivity index (χ2n) is 3.59. The minimum Gasteiger partial charge on any atom is -0.317 e. The third kappa shape index (κ3) is 3.62. The molecule has 1 aliphatic heterocycles. The van der Waals surface area contributed by atoms with Crippen molar-refractivity contribution in [2.24, 2.45) is 13.0 Å². The summed E-state index contributed by atoms with van der Waals surface area (Å²) >= 11 is 1.76. The van der Waals surface area contributed by atoms with Gasteiger partial charge in [0.15, 0.2) is 0 Å². The Hall–Kier alpha value is -0.330. The third-order valence-corrected chi connectivity index (χ3v) is 3.73. The fourth-order valence-electron chi connectivity index (χ4n) is 1.58. The molecule has 0 bridgehead atoms. The minimum atomic E-state index is 0. The number of hydrogen-bond donors (Lipinski definition) is 1. The molecular weight excluding hydrogens is 234 g/mol. The molecule has 0 aromatic carbocycles. The van der Waals surface area contributed by atoms with Gasteiger partial charge in [-0.05, 0) is 42.3 Å². The van der Waals surface area contributed by atoms with Gasteiger partial charge in [-0.15, -0.1) is 17.5 Å². The molecule has 2 heterocycles. The van der Waals surface area contributed by atoms with Crippen LogP contribution in [-0.2, 0) is 7.05 Å². The van der Waals surface area contributed by atoms with Gasteiger partial charge < -0.3 is 5.32 Å².